The number of nitrogens with zero attached hydrogens (tertiary/aromatic N) is 1. The molecule has 0 aliphatic heterocycles. The van der Waals surface area contributed by atoms with E-state index in [1.54, 1.807) is 6.20 Å². The van der Waals surface area contributed by atoms with Gasteiger partial charge in [0, 0.05) is 16.5 Å². The fourth-order valence-electron chi connectivity index (χ4n) is 1.47. The summed E-state index contributed by atoms with van der Waals surface area (Å²) in [6.45, 7) is 0.407. The Morgan fingerprint density at radius 1 is 1.11 bits per heavy atom. The van der Waals surface area contributed by atoms with Gasteiger partial charge in [0.1, 0.15) is 12.4 Å². The Balaban J connectivity index is 2.13. The molecule has 2 aromatic rings. The number of rotatable bonds is 4. The van der Waals surface area contributed by atoms with Gasteiger partial charge in [0.05, 0.1) is 14.6 Å². The van der Waals surface area contributed by atoms with Crippen molar-refractivity contribution in [2.75, 3.05) is 0 Å². The summed E-state index contributed by atoms with van der Waals surface area (Å²) >= 11 is 16.1. The van der Waals surface area contributed by atoms with Crippen LogP contribution in [0.5, 0.6) is 5.75 Å². The quantitative estimate of drug-likeness (QED) is 0.536. The smallest absolute Gasteiger partial charge is 0.148 e. The molecule has 0 radical (unpaired) electrons. The Morgan fingerprint density at radius 2 is 1.79 bits per heavy atom. The van der Waals surface area contributed by atoms with Crippen LogP contribution in [0.15, 0.2) is 43.9 Å². The van der Waals surface area contributed by atoms with Gasteiger partial charge in [-0.25, -0.2) is 0 Å². The van der Waals surface area contributed by atoms with Gasteiger partial charge in [-0.05, 0) is 77.6 Å². The average molecular weight is 470 g/mol. The van der Waals surface area contributed by atoms with Crippen molar-refractivity contribution in [2.24, 2.45) is 0 Å². The molecule has 0 saturated heterocycles. The maximum absolute atomic E-state index is 5.81. The van der Waals surface area contributed by atoms with Crippen LogP contribution in [0.2, 0.25) is 0 Å². The molecule has 0 amide bonds. The van der Waals surface area contributed by atoms with Gasteiger partial charge < -0.3 is 4.74 Å². The first-order valence-corrected chi connectivity index (χ1v) is 8.28. The normalized spacial score (nSPS) is 10.5. The van der Waals surface area contributed by atoms with Crippen molar-refractivity contribution < 1.29 is 4.74 Å². The zero-order valence-electron chi connectivity index (χ0n) is 9.67. The summed E-state index contributed by atoms with van der Waals surface area (Å²) in [6, 6.07) is 7.75. The second-order valence-corrected chi connectivity index (χ2v) is 6.67. The topological polar surface area (TPSA) is 22.1 Å². The molecular weight excluding hydrogens is 461 g/mol. The first-order chi connectivity index (χ1) is 9.10. The van der Waals surface area contributed by atoms with E-state index in [0.717, 1.165) is 30.4 Å². The highest BCUT2D eigenvalue weighted by Gasteiger charge is 2.09. The van der Waals surface area contributed by atoms with Crippen molar-refractivity contribution in [3.8, 4) is 5.75 Å². The van der Waals surface area contributed by atoms with Gasteiger partial charge in [-0.3, -0.25) is 4.98 Å². The van der Waals surface area contributed by atoms with Crippen LogP contribution in [0.4, 0.5) is 0 Å². The highest BCUT2D eigenvalue weighted by molar-refractivity contribution is 9.11. The maximum atomic E-state index is 5.81. The van der Waals surface area contributed by atoms with E-state index in [0.29, 0.717) is 12.5 Å². The predicted molar refractivity (Wildman–Crippen MR) is 87.7 cm³/mol. The molecule has 0 spiro atoms. The molecule has 0 bridgehead atoms. The molecule has 0 N–H and O–H groups in total. The maximum Gasteiger partial charge on any atom is 0.148 e. The number of hydrogen-bond donors (Lipinski definition) is 0. The van der Waals surface area contributed by atoms with Crippen molar-refractivity contribution in [1.29, 1.82) is 0 Å². The average Bonchev–Trinajstić information content (AvgIpc) is 2.39. The highest BCUT2D eigenvalue weighted by Crippen LogP contribution is 2.35. The van der Waals surface area contributed by atoms with Crippen LogP contribution in [0.25, 0.3) is 0 Å². The van der Waals surface area contributed by atoms with Gasteiger partial charge in [-0.1, -0.05) is 0 Å². The molecule has 0 fully saturated rings. The minimum atomic E-state index is 0.407. The molecular formula is C13H9Br3ClNO. The summed E-state index contributed by atoms with van der Waals surface area (Å²) in [6.07, 6.45) is 1.75. The fraction of sp³-hybridized carbons (Fsp3) is 0.154. The number of alkyl halides is 1. The lowest BCUT2D eigenvalue weighted by Gasteiger charge is -2.11. The number of ether oxygens (including phenoxy) is 1. The standard InChI is InChI=1S/C13H9Br3ClNO/c14-9-1-2-10(18-6-9)7-19-13-11(15)3-8(5-17)4-12(13)16/h1-4,6H,5,7H2. The van der Waals surface area contributed by atoms with Crippen molar-refractivity contribution in [1.82, 2.24) is 4.98 Å². The zero-order valence-corrected chi connectivity index (χ0v) is 15.2. The van der Waals surface area contributed by atoms with Crippen LogP contribution in [-0.4, -0.2) is 4.98 Å². The van der Waals surface area contributed by atoms with Gasteiger partial charge in [0.15, 0.2) is 0 Å². The van der Waals surface area contributed by atoms with Gasteiger partial charge in [-0.15, -0.1) is 11.6 Å². The predicted octanol–water partition coefficient (Wildman–Crippen LogP) is 5.69. The number of pyridine rings is 1. The number of halogens is 4. The van der Waals surface area contributed by atoms with Crippen LogP contribution in [0.1, 0.15) is 11.3 Å². The van der Waals surface area contributed by atoms with Gasteiger partial charge in [0.2, 0.25) is 0 Å². The molecule has 2 nitrogen and oxygen atoms in total. The second-order valence-electron chi connectivity index (χ2n) is 3.78. The minimum Gasteiger partial charge on any atom is -0.485 e. The largest absolute Gasteiger partial charge is 0.485 e. The monoisotopic (exact) mass is 467 g/mol. The van der Waals surface area contributed by atoms with E-state index < -0.39 is 0 Å². The summed E-state index contributed by atoms with van der Waals surface area (Å²) in [5.74, 6) is 1.21. The van der Waals surface area contributed by atoms with E-state index in [4.69, 9.17) is 16.3 Å². The van der Waals surface area contributed by atoms with E-state index in [1.807, 2.05) is 24.3 Å². The number of hydrogen-bond acceptors (Lipinski definition) is 2. The summed E-state index contributed by atoms with van der Waals surface area (Å²) in [4.78, 5) is 4.26. The Kier molecular flexibility index (Phi) is 5.69. The van der Waals surface area contributed by atoms with E-state index >= 15 is 0 Å². The second kappa shape index (κ2) is 7.07. The molecule has 0 unspecified atom stereocenters. The molecule has 1 aromatic carbocycles. The Labute approximate surface area is 141 Å². The van der Waals surface area contributed by atoms with Crippen LogP contribution < -0.4 is 4.74 Å². The Bertz CT molecular complexity index is 552. The Hall–Kier alpha value is -0.100. The van der Waals surface area contributed by atoms with Crippen molar-refractivity contribution in [3.63, 3.8) is 0 Å². The van der Waals surface area contributed by atoms with Crippen molar-refractivity contribution in [3.05, 3.63) is 55.1 Å². The van der Waals surface area contributed by atoms with E-state index in [1.165, 1.54) is 0 Å². The molecule has 0 aliphatic rings. The van der Waals surface area contributed by atoms with E-state index in [-0.39, 0.29) is 0 Å². The third-order valence-electron chi connectivity index (χ3n) is 2.37. The van der Waals surface area contributed by atoms with Crippen molar-refractivity contribution >= 4 is 59.4 Å². The van der Waals surface area contributed by atoms with Gasteiger partial charge >= 0.3 is 0 Å². The summed E-state index contributed by atoms with van der Waals surface area (Å²) < 4.78 is 8.47. The lowest BCUT2D eigenvalue weighted by Crippen LogP contribution is -1.99. The van der Waals surface area contributed by atoms with Gasteiger partial charge in [-0.2, -0.15) is 0 Å². The van der Waals surface area contributed by atoms with Gasteiger partial charge in [0.25, 0.3) is 0 Å². The molecule has 2 rings (SSSR count). The van der Waals surface area contributed by atoms with Crippen LogP contribution in [-0.2, 0) is 12.5 Å². The lowest BCUT2D eigenvalue weighted by atomic mass is 10.2. The molecule has 0 aliphatic carbocycles. The highest BCUT2D eigenvalue weighted by atomic mass is 79.9. The third kappa shape index (κ3) is 4.18. The van der Waals surface area contributed by atoms with Crippen LogP contribution in [0, 0.1) is 0 Å². The molecule has 19 heavy (non-hydrogen) atoms. The van der Waals surface area contributed by atoms with E-state index in [9.17, 15) is 0 Å². The molecule has 100 valence electrons. The lowest BCUT2D eigenvalue weighted by molar-refractivity contribution is 0.297. The molecule has 0 saturated carbocycles. The van der Waals surface area contributed by atoms with Crippen LogP contribution in [0.3, 0.4) is 0 Å². The fourth-order valence-corrected chi connectivity index (χ4v) is 3.36. The minimum absolute atomic E-state index is 0.407. The molecule has 0 atom stereocenters. The van der Waals surface area contributed by atoms with E-state index in [2.05, 4.69) is 52.8 Å². The summed E-state index contributed by atoms with van der Waals surface area (Å²) in [7, 11) is 0. The first-order valence-electron chi connectivity index (χ1n) is 5.37. The number of benzene rings is 1. The zero-order chi connectivity index (χ0) is 13.8. The van der Waals surface area contributed by atoms with Crippen LogP contribution >= 0.6 is 59.4 Å². The molecule has 1 aromatic heterocycles. The van der Waals surface area contributed by atoms with Crippen molar-refractivity contribution in [2.45, 2.75) is 12.5 Å². The third-order valence-corrected chi connectivity index (χ3v) is 4.32. The SMILES string of the molecule is ClCc1cc(Br)c(OCc2ccc(Br)cn2)c(Br)c1. The number of aromatic nitrogens is 1. The first kappa shape index (κ1) is 15.3. The molecule has 1 heterocycles. The summed E-state index contributed by atoms with van der Waals surface area (Å²) in [5, 5.41) is 0. The summed E-state index contributed by atoms with van der Waals surface area (Å²) in [5.41, 5.74) is 1.89. The molecule has 6 heteroatoms. The Morgan fingerprint density at radius 3 is 2.32 bits per heavy atom.